The van der Waals surface area contributed by atoms with Crippen molar-refractivity contribution in [3.8, 4) is 11.1 Å². The lowest BCUT2D eigenvalue weighted by molar-refractivity contribution is -0.580. The van der Waals surface area contributed by atoms with Gasteiger partial charge in [0.15, 0.2) is 18.8 Å². The number of fused-ring (bicyclic) bond motifs is 7. The van der Waals surface area contributed by atoms with Gasteiger partial charge in [-0.25, -0.2) is 4.58 Å². The highest BCUT2D eigenvalue weighted by molar-refractivity contribution is 7.19. The highest BCUT2D eigenvalue weighted by atomic mass is 15.0. The molecule has 0 radical (unpaired) electrons. The molecule has 0 spiro atoms. The second-order valence-electron chi connectivity index (χ2n) is 15.2. The Bertz CT molecular complexity index is 2370. The van der Waals surface area contributed by atoms with Crippen molar-refractivity contribution in [2.75, 3.05) is 0 Å². The molecule has 1 nitrogen and oxygen atoms in total. The molecule has 8 aromatic carbocycles. The topological polar surface area (TPSA) is 3.01 Å². The molecule has 1 heterocycles. The first-order chi connectivity index (χ1) is 26.8. The van der Waals surface area contributed by atoms with E-state index in [1.165, 1.54) is 97.8 Å². The number of hydrogen-bond donors (Lipinski definition) is 0. The van der Waals surface area contributed by atoms with E-state index in [1.54, 1.807) is 0 Å². The standard InChI is InChI=1S/C28H26N.C24H20B/c1-2-10-24(11-3-1)29-18-22-16-14-20-8-4-6-12-25(20)27(22)28-23(19-29)17-15-21-9-5-7-13-26(21)28;1-5-13-21(14-6-1)25(22-15-7-2-8-16-22,23-17-9-3-10-18-23)24-19-11-4-12-20-24/h4-9,12-18,24H,1-3,10-11,19H2;1-20H/q+1;-1. The van der Waals surface area contributed by atoms with Gasteiger partial charge >= 0.3 is 0 Å². The second-order valence-corrected chi connectivity index (χ2v) is 15.2. The number of hydrogen-bond acceptors (Lipinski definition) is 0. The van der Waals surface area contributed by atoms with Crippen LogP contribution in [0.15, 0.2) is 194 Å². The van der Waals surface area contributed by atoms with Crippen molar-refractivity contribution in [2.45, 2.75) is 44.7 Å². The van der Waals surface area contributed by atoms with Gasteiger partial charge in [0.25, 0.3) is 0 Å². The largest absolute Gasteiger partial charge is 0.228 e. The molecule has 0 saturated heterocycles. The SMILES string of the molecule is C1=[N+](C2CCCCC2)Cc2ccc3ccccc3c2-c2c1ccc1ccccc21.c1ccc([B-](c2ccccc2)(c2ccccc2)c2ccccc2)cc1. The van der Waals surface area contributed by atoms with E-state index in [9.17, 15) is 0 Å². The van der Waals surface area contributed by atoms with E-state index in [0.29, 0.717) is 6.04 Å². The van der Waals surface area contributed by atoms with Crippen LogP contribution in [-0.2, 0) is 6.54 Å². The first kappa shape index (κ1) is 33.8. The van der Waals surface area contributed by atoms with Gasteiger partial charge in [-0.3, -0.25) is 0 Å². The van der Waals surface area contributed by atoms with E-state index in [4.69, 9.17) is 0 Å². The van der Waals surface area contributed by atoms with Gasteiger partial charge < -0.3 is 0 Å². The summed E-state index contributed by atoms with van der Waals surface area (Å²) >= 11 is 0. The van der Waals surface area contributed by atoms with E-state index in [-0.39, 0.29) is 0 Å². The maximum atomic E-state index is 2.65. The third-order valence-electron chi connectivity index (χ3n) is 12.1. The molecule has 10 rings (SSSR count). The summed E-state index contributed by atoms with van der Waals surface area (Å²) in [5.74, 6) is 0. The molecule has 0 unspecified atom stereocenters. The third-order valence-corrected chi connectivity index (χ3v) is 12.1. The smallest absolute Gasteiger partial charge is 0.171 e. The zero-order chi connectivity index (χ0) is 36.2. The van der Waals surface area contributed by atoms with Crippen LogP contribution in [0, 0.1) is 0 Å². The van der Waals surface area contributed by atoms with E-state index in [1.807, 2.05) is 0 Å². The van der Waals surface area contributed by atoms with Gasteiger partial charge in [0.1, 0.15) is 6.15 Å². The third kappa shape index (κ3) is 6.26. The molecule has 2 aliphatic rings. The fourth-order valence-corrected chi connectivity index (χ4v) is 9.61. The molecule has 0 aromatic heterocycles. The number of rotatable bonds is 5. The molecule has 2 heteroatoms. The van der Waals surface area contributed by atoms with Crippen molar-refractivity contribution < 1.29 is 4.58 Å². The predicted molar refractivity (Wildman–Crippen MR) is 233 cm³/mol. The van der Waals surface area contributed by atoms with Gasteiger partial charge in [0.05, 0.1) is 0 Å². The van der Waals surface area contributed by atoms with Crippen LogP contribution in [0.4, 0.5) is 0 Å². The quantitative estimate of drug-likeness (QED) is 0.125. The van der Waals surface area contributed by atoms with Gasteiger partial charge in [-0.15, -0.1) is 0 Å². The van der Waals surface area contributed by atoms with Crippen LogP contribution in [0.5, 0.6) is 0 Å². The summed E-state index contributed by atoms with van der Waals surface area (Å²) in [6, 6.07) is 71.2. The molecular formula is C52H46BN. The molecule has 0 N–H and O–H groups in total. The maximum Gasteiger partial charge on any atom is 0.171 e. The first-order valence-corrected chi connectivity index (χ1v) is 19.8. The van der Waals surface area contributed by atoms with Crippen molar-refractivity contribution in [1.29, 1.82) is 0 Å². The number of benzene rings is 8. The Morgan fingerprint density at radius 3 is 1.31 bits per heavy atom. The molecule has 54 heavy (non-hydrogen) atoms. The molecule has 0 amide bonds. The Kier molecular flexibility index (Phi) is 9.50. The van der Waals surface area contributed by atoms with Gasteiger partial charge in [0.2, 0.25) is 0 Å². The van der Waals surface area contributed by atoms with Crippen LogP contribution in [0.3, 0.4) is 0 Å². The predicted octanol–water partition coefficient (Wildman–Crippen LogP) is 10.0. The van der Waals surface area contributed by atoms with Gasteiger partial charge in [-0.2, -0.15) is 21.9 Å². The van der Waals surface area contributed by atoms with Crippen LogP contribution >= 0.6 is 0 Å². The van der Waals surface area contributed by atoms with Crippen molar-refractivity contribution in [3.05, 3.63) is 205 Å². The Balaban J connectivity index is 0.000000144. The Morgan fingerprint density at radius 2 is 0.815 bits per heavy atom. The minimum absolute atomic E-state index is 0.667. The number of nitrogens with zero attached hydrogens (tertiary/aromatic N) is 1. The van der Waals surface area contributed by atoms with E-state index >= 15 is 0 Å². The van der Waals surface area contributed by atoms with Crippen molar-refractivity contribution in [1.82, 2.24) is 0 Å². The highest BCUT2D eigenvalue weighted by Crippen LogP contribution is 2.40. The summed E-state index contributed by atoms with van der Waals surface area (Å²) in [5.41, 5.74) is 11.0. The minimum atomic E-state index is -1.22. The summed E-state index contributed by atoms with van der Waals surface area (Å²) in [6.45, 7) is 1.01. The average molecular weight is 696 g/mol. The Labute approximate surface area is 320 Å². The second kappa shape index (κ2) is 15.2. The lowest BCUT2D eigenvalue weighted by Gasteiger charge is -2.44. The van der Waals surface area contributed by atoms with Gasteiger partial charge in [-0.1, -0.05) is 194 Å². The molecule has 0 atom stereocenters. The molecule has 1 aliphatic heterocycles. The lowest BCUT2D eigenvalue weighted by Crippen LogP contribution is -2.74. The summed E-state index contributed by atoms with van der Waals surface area (Å²) in [5, 5.41) is 5.40. The summed E-state index contributed by atoms with van der Waals surface area (Å²) in [7, 11) is 0. The zero-order valence-corrected chi connectivity index (χ0v) is 30.9. The van der Waals surface area contributed by atoms with Gasteiger partial charge in [-0.05, 0) is 40.5 Å². The molecule has 1 fully saturated rings. The summed E-state index contributed by atoms with van der Waals surface area (Å²) in [4.78, 5) is 0. The first-order valence-electron chi connectivity index (χ1n) is 19.8. The van der Waals surface area contributed by atoms with Crippen LogP contribution in [0.1, 0.15) is 43.2 Å². The molecule has 1 aliphatic carbocycles. The molecule has 0 bridgehead atoms. The highest BCUT2D eigenvalue weighted by Gasteiger charge is 2.32. The van der Waals surface area contributed by atoms with Crippen molar-refractivity contribution in [3.63, 3.8) is 0 Å². The van der Waals surface area contributed by atoms with Gasteiger partial charge in [0, 0.05) is 35.1 Å². The average Bonchev–Trinajstić information content (AvgIpc) is 3.44. The lowest BCUT2D eigenvalue weighted by atomic mass is 9.13. The fraction of sp³-hybridized carbons (Fsp3) is 0.135. The van der Waals surface area contributed by atoms with Crippen LogP contribution in [0.25, 0.3) is 32.7 Å². The molecule has 1 saturated carbocycles. The maximum absolute atomic E-state index is 2.65. The van der Waals surface area contributed by atoms with E-state index in [2.05, 4.69) is 205 Å². The van der Waals surface area contributed by atoms with Crippen LogP contribution in [0.2, 0.25) is 0 Å². The zero-order valence-electron chi connectivity index (χ0n) is 30.9. The van der Waals surface area contributed by atoms with Crippen molar-refractivity contribution >= 4 is 55.8 Å². The molecule has 8 aromatic rings. The summed E-state index contributed by atoms with van der Waals surface area (Å²) < 4.78 is 2.65. The monoisotopic (exact) mass is 695 g/mol. The molecule has 262 valence electrons. The summed E-state index contributed by atoms with van der Waals surface area (Å²) in [6.07, 6.45) is 8.02. The van der Waals surface area contributed by atoms with Crippen LogP contribution < -0.4 is 21.9 Å². The van der Waals surface area contributed by atoms with E-state index in [0.717, 1.165) is 6.54 Å². The minimum Gasteiger partial charge on any atom is -0.228 e. The van der Waals surface area contributed by atoms with E-state index < -0.39 is 6.15 Å². The molecular weight excluding hydrogens is 649 g/mol. The Hall–Kier alpha value is -5.99. The Morgan fingerprint density at radius 1 is 0.389 bits per heavy atom. The van der Waals surface area contributed by atoms with Crippen LogP contribution in [-0.4, -0.2) is 23.0 Å². The van der Waals surface area contributed by atoms with Crippen molar-refractivity contribution in [2.24, 2.45) is 0 Å². The normalized spacial score (nSPS) is 14.3. The fourth-order valence-electron chi connectivity index (χ4n) is 9.61.